The van der Waals surface area contributed by atoms with Crippen molar-refractivity contribution < 1.29 is 23.8 Å². The van der Waals surface area contributed by atoms with Crippen LogP contribution in [-0.4, -0.2) is 35.8 Å². The molecule has 0 N–H and O–H groups in total. The van der Waals surface area contributed by atoms with Gasteiger partial charge in [-0.1, -0.05) is 59.3 Å². The minimum absolute atomic E-state index is 0.239. The third-order valence-electron chi connectivity index (χ3n) is 4.56. The molecule has 2 aromatic carbocycles. The van der Waals surface area contributed by atoms with Gasteiger partial charge in [-0.3, -0.25) is 0 Å². The van der Waals surface area contributed by atoms with Crippen molar-refractivity contribution in [1.82, 2.24) is 0 Å². The molecular formula is C21H21BrO5. The normalized spacial score (nSPS) is 25.3. The van der Waals surface area contributed by atoms with Crippen LogP contribution >= 0.6 is 15.9 Å². The fourth-order valence-electron chi connectivity index (χ4n) is 2.98. The first-order valence-corrected chi connectivity index (χ1v) is 9.75. The predicted molar refractivity (Wildman–Crippen MR) is 104 cm³/mol. The zero-order valence-electron chi connectivity index (χ0n) is 14.9. The van der Waals surface area contributed by atoms with E-state index >= 15 is 0 Å². The van der Waals surface area contributed by atoms with Gasteiger partial charge in [0.1, 0.15) is 17.2 Å². The van der Waals surface area contributed by atoms with Crippen LogP contribution < -0.4 is 0 Å². The maximum atomic E-state index is 12.5. The molecule has 5 nitrogen and oxygen atoms in total. The molecule has 6 heteroatoms. The summed E-state index contributed by atoms with van der Waals surface area (Å²) in [6.45, 7) is 2.29. The summed E-state index contributed by atoms with van der Waals surface area (Å²) < 4.78 is 17.1. The van der Waals surface area contributed by atoms with Crippen molar-refractivity contribution in [3.8, 4) is 0 Å². The highest BCUT2D eigenvalue weighted by Crippen LogP contribution is 2.30. The van der Waals surface area contributed by atoms with Gasteiger partial charge in [0, 0.05) is 12.3 Å². The summed E-state index contributed by atoms with van der Waals surface area (Å²) in [4.78, 5) is 24.9. The number of ether oxygens (including phenoxy) is 3. The molecule has 0 amide bonds. The molecule has 1 aliphatic heterocycles. The van der Waals surface area contributed by atoms with Crippen molar-refractivity contribution in [2.75, 3.05) is 6.61 Å². The lowest BCUT2D eigenvalue weighted by molar-refractivity contribution is -0.0390. The molecule has 0 radical (unpaired) electrons. The number of halogens is 1. The van der Waals surface area contributed by atoms with Gasteiger partial charge in [-0.2, -0.15) is 0 Å². The minimum Gasteiger partial charge on any atom is -0.458 e. The number of carbonyl (C=O) groups is 2. The van der Waals surface area contributed by atoms with E-state index < -0.39 is 29.2 Å². The number of rotatable bonds is 4. The van der Waals surface area contributed by atoms with E-state index in [1.54, 1.807) is 48.5 Å². The van der Waals surface area contributed by atoms with Crippen molar-refractivity contribution in [3.63, 3.8) is 0 Å². The Hall–Kier alpha value is -2.18. The van der Waals surface area contributed by atoms with Gasteiger partial charge in [-0.05, 0) is 24.3 Å². The Labute approximate surface area is 166 Å². The monoisotopic (exact) mass is 432 g/mol. The Balaban J connectivity index is 1.71. The maximum Gasteiger partial charge on any atom is 0.338 e. The Morgan fingerprint density at radius 3 is 2.00 bits per heavy atom. The lowest BCUT2D eigenvalue weighted by Gasteiger charge is -2.29. The molecular weight excluding hydrogens is 412 g/mol. The lowest BCUT2D eigenvalue weighted by atomic mass is 9.96. The van der Waals surface area contributed by atoms with Crippen LogP contribution in [0.5, 0.6) is 0 Å². The molecule has 1 heterocycles. The number of hydrogen-bond acceptors (Lipinski definition) is 5. The van der Waals surface area contributed by atoms with E-state index in [1.807, 2.05) is 19.1 Å². The summed E-state index contributed by atoms with van der Waals surface area (Å²) in [6.07, 6.45) is -0.482. The first-order chi connectivity index (χ1) is 13.1. The molecule has 0 aliphatic carbocycles. The van der Waals surface area contributed by atoms with Crippen LogP contribution in [-0.2, 0) is 14.2 Å². The summed E-state index contributed by atoms with van der Waals surface area (Å²) >= 11 is 3.44. The highest BCUT2D eigenvalue weighted by atomic mass is 79.9. The second-order valence-electron chi connectivity index (χ2n) is 6.42. The number of hydrogen-bond donors (Lipinski definition) is 0. The van der Waals surface area contributed by atoms with Gasteiger partial charge in [0.05, 0.1) is 17.7 Å². The van der Waals surface area contributed by atoms with Crippen molar-refractivity contribution in [2.45, 2.75) is 30.6 Å². The number of carbonyl (C=O) groups excluding carboxylic acids is 2. The van der Waals surface area contributed by atoms with Crippen molar-refractivity contribution in [1.29, 1.82) is 0 Å². The van der Waals surface area contributed by atoms with E-state index in [-0.39, 0.29) is 5.92 Å². The Morgan fingerprint density at radius 2 is 1.44 bits per heavy atom. The van der Waals surface area contributed by atoms with E-state index in [0.717, 1.165) is 0 Å². The molecule has 0 aromatic heterocycles. The first-order valence-electron chi connectivity index (χ1n) is 8.84. The summed E-state index contributed by atoms with van der Waals surface area (Å²) in [5.74, 6) is -1.07. The largest absolute Gasteiger partial charge is 0.458 e. The van der Waals surface area contributed by atoms with E-state index in [2.05, 4.69) is 15.9 Å². The molecule has 2 aromatic rings. The van der Waals surface area contributed by atoms with E-state index in [1.165, 1.54) is 0 Å². The second-order valence-corrected chi connectivity index (χ2v) is 7.32. The number of esters is 2. The van der Waals surface area contributed by atoms with Crippen molar-refractivity contribution in [3.05, 3.63) is 71.8 Å². The highest BCUT2D eigenvalue weighted by molar-refractivity contribution is 9.09. The van der Waals surface area contributed by atoms with Crippen LogP contribution in [0, 0.1) is 5.92 Å². The van der Waals surface area contributed by atoms with Gasteiger partial charge >= 0.3 is 11.9 Å². The maximum absolute atomic E-state index is 12.5. The molecule has 0 spiro atoms. The molecule has 3 rings (SSSR count). The first kappa shape index (κ1) is 19.6. The van der Waals surface area contributed by atoms with Crippen LogP contribution in [0.25, 0.3) is 0 Å². The molecule has 1 fully saturated rings. The molecule has 4 unspecified atom stereocenters. The molecule has 142 valence electrons. The van der Waals surface area contributed by atoms with Crippen LogP contribution in [0.2, 0.25) is 0 Å². The zero-order valence-corrected chi connectivity index (χ0v) is 16.5. The summed E-state index contributed by atoms with van der Waals surface area (Å²) in [6, 6.07) is 17.6. The second kappa shape index (κ2) is 9.15. The third kappa shape index (κ3) is 4.96. The third-order valence-corrected chi connectivity index (χ3v) is 5.35. The summed E-state index contributed by atoms with van der Waals surface area (Å²) in [5.41, 5.74) is 0.953. The lowest BCUT2D eigenvalue weighted by Crippen LogP contribution is -2.39. The molecule has 1 saturated heterocycles. The van der Waals surface area contributed by atoms with Gasteiger partial charge in [-0.15, -0.1) is 0 Å². The molecule has 1 aliphatic rings. The molecule has 0 saturated carbocycles. The Kier molecular flexibility index (Phi) is 6.63. The molecule has 0 bridgehead atoms. The summed E-state index contributed by atoms with van der Waals surface area (Å²) in [5, 5.41) is -0.472. The van der Waals surface area contributed by atoms with E-state index in [4.69, 9.17) is 14.2 Å². The predicted octanol–water partition coefficient (Wildman–Crippen LogP) is 4.22. The average molecular weight is 433 g/mol. The van der Waals surface area contributed by atoms with Gasteiger partial charge in [0.15, 0.2) is 0 Å². The van der Waals surface area contributed by atoms with Gasteiger partial charge in [-0.25, -0.2) is 9.59 Å². The minimum atomic E-state index is -0.589. The van der Waals surface area contributed by atoms with Crippen molar-refractivity contribution in [2.24, 2.45) is 5.92 Å². The SMILES string of the molecule is CC1C(OC(=O)c2ccccc2)CCOC(Br)C1OC(=O)c1ccccc1. The van der Waals surface area contributed by atoms with Gasteiger partial charge in [0.2, 0.25) is 0 Å². The molecule has 27 heavy (non-hydrogen) atoms. The Bertz CT molecular complexity index is 765. The highest BCUT2D eigenvalue weighted by Gasteiger charge is 2.39. The topological polar surface area (TPSA) is 61.8 Å². The standard InChI is InChI=1S/C21H21BrO5/c1-14-17(26-20(23)15-8-4-2-5-9-15)12-13-25-19(22)18(14)27-21(24)16-10-6-3-7-11-16/h2-11,14,17-19H,12-13H2,1H3. The summed E-state index contributed by atoms with van der Waals surface area (Å²) in [7, 11) is 0. The molecule has 4 atom stereocenters. The Morgan fingerprint density at radius 1 is 0.926 bits per heavy atom. The van der Waals surface area contributed by atoms with Gasteiger partial charge < -0.3 is 14.2 Å². The van der Waals surface area contributed by atoms with E-state index in [9.17, 15) is 9.59 Å². The van der Waals surface area contributed by atoms with Crippen LogP contribution in [0.15, 0.2) is 60.7 Å². The van der Waals surface area contributed by atoms with Crippen LogP contribution in [0.1, 0.15) is 34.1 Å². The fourth-order valence-corrected chi connectivity index (χ4v) is 3.75. The quantitative estimate of drug-likeness (QED) is 0.534. The zero-order chi connectivity index (χ0) is 19.2. The fraction of sp³-hybridized carbons (Fsp3) is 0.333. The number of benzene rings is 2. The van der Waals surface area contributed by atoms with Crippen LogP contribution in [0.4, 0.5) is 0 Å². The van der Waals surface area contributed by atoms with Gasteiger partial charge in [0.25, 0.3) is 0 Å². The average Bonchev–Trinajstić information content (AvgIpc) is 2.83. The van der Waals surface area contributed by atoms with Crippen LogP contribution in [0.3, 0.4) is 0 Å². The number of alkyl halides is 1. The van der Waals surface area contributed by atoms with Crippen molar-refractivity contribution >= 4 is 27.9 Å². The van der Waals surface area contributed by atoms with E-state index in [0.29, 0.717) is 24.2 Å². The smallest absolute Gasteiger partial charge is 0.338 e.